The number of fused-ring (bicyclic) bond motifs is 3. The minimum atomic E-state index is -0.260. The van der Waals surface area contributed by atoms with Gasteiger partial charge >= 0.3 is 5.63 Å². The van der Waals surface area contributed by atoms with Crippen LogP contribution in [0.25, 0.3) is 11.0 Å². The van der Waals surface area contributed by atoms with E-state index < -0.39 is 0 Å². The van der Waals surface area contributed by atoms with E-state index in [2.05, 4.69) is 5.32 Å². The van der Waals surface area contributed by atoms with E-state index in [0.717, 1.165) is 41.3 Å². The van der Waals surface area contributed by atoms with Crippen LogP contribution in [0, 0.1) is 6.92 Å². The smallest absolute Gasteiger partial charge is 0.339 e. The molecular weight excluding hydrogens is 310 g/mol. The molecule has 0 aliphatic heterocycles. The third-order valence-corrected chi connectivity index (χ3v) is 4.17. The van der Waals surface area contributed by atoms with Gasteiger partial charge in [0.2, 0.25) is 0 Å². The maximum absolute atomic E-state index is 12.1. The zero-order chi connectivity index (χ0) is 17.1. The van der Waals surface area contributed by atoms with Crippen LogP contribution in [0.2, 0.25) is 0 Å². The van der Waals surface area contributed by atoms with E-state index in [4.69, 9.17) is 13.9 Å². The molecule has 6 nitrogen and oxygen atoms in total. The summed E-state index contributed by atoms with van der Waals surface area (Å²) in [5, 5.41) is 3.53. The molecule has 1 heterocycles. The van der Waals surface area contributed by atoms with Crippen molar-refractivity contribution in [1.29, 1.82) is 0 Å². The summed E-state index contributed by atoms with van der Waals surface area (Å²) in [4.78, 5) is 23.9. The highest BCUT2D eigenvalue weighted by Gasteiger charge is 2.22. The summed E-state index contributed by atoms with van der Waals surface area (Å²) in [6.45, 7) is 2.71. The first-order valence-electron chi connectivity index (χ1n) is 8.08. The molecule has 0 saturated heterocycles. The van der Waals surface area contributed by atoms with E-state index in [0.29, 0.717) is 24.5 Å². The summed E-state index contributed by atoms with van der Waals surface area (Å²) in [5.41, 5.74) is 2.91. The number of benzene rings is 1. The van der Waals surface area contributed by atoms with Crippen molar-refractivity contribution < 1.29 is 18.7 Å². The number of aryl methyl sites for hydroxylation is 2. The van der Waals surface area contributed by atoms with Gasteiger partial charge in [-0.3, -0.25) is 4.79 Å². The van der Waals surface area contributed by atoms with E-state index >= 15 is 0 Å². The molecule has 1 amide bonds. The Morgan fingerprint density at radius 3 is 2.88 bits per heavy atom. The molecule has 2 aromatic rings. The summed E-state index contributed by atoms with van der Waals surface area (Å²) in [6.07, 6.45) is 2.50. The van der Waals surface area contributed by atoms with Gasteiger partial charge in [-0.25, -0.2) is 4.79 Å². The molecule has 0 saturated carbocycles. The minimum Gasteiger partial charge on any atom is -0.483 e. The van der Waals surface area contributed by atoms with Gasteiger partial charge in [0.15, 0.2) is 6.61 Å². The van der Waals surface area contributed by atoms with Gasteiger partial charge in [0.05, 0.1) is 12.0 Å². The quantitative estimate of drug-likeness (QED) is 0.644. The van der Waals surface area contributed by atoms with Crippen LogP contribution in [0.4, 0.5) is 0 Å². The lowest BCUT2D eigenvalue weighted by atomic mass is 10.0. The third kappa shape index (κ3) is 3.28. The Labute approximate surface area is 139 Å². The molecule has 1 aromatic carbocycles. The average Bonchev–Trinajstić information content (AvgIpc) is 3.02. The van der Waals surface area contributed by atoms with Gasteiger partial charge in [0.25, 0.3) is 5.91 Å². The second-order valence-corrected chi connectivity index (χ2v) is 5.97. The molecule has 1 aliphatic rings. The van der Waals surface area contributed by atoms with Crippen molar-refractivity contribution in [2.24, 2.45) is 0 Å². The number of rotatable bonds is 6. The Kier molecular flexibility index (Phi) is 4.85. The fourth-order valence-electron chi connectivity index (χ4n) is 3.11. The predicted molar refractivity (Wildman–Crippen MR) is 89.6 cm³/mol. The van der Waals surface area contributed by atoms with Gasteiger partial charge in [-0.2, -0.15) is 0 Å². The van der Waals surface area contributed by atoms with Crippen molar-refractivity contribution in [1.82, 2.24) is 5.32 Å². The van der Waals surface area contributed by atoms with Gasteiger partial charge in [-0.15, -0.1) is 0 Å². The lowest BCUT2D eigenvalue weighted by molar-refractivity contribution is -0.123. The highest BCUT2D eigenvalue weighted by atomic mass is 16.5. The largest absolute Gasteiger partial charge is 0.483 e. The Balaban J connectivity index is 1.89. The van der Waals surface area contributed by atoms with Crippen molar-refractivity contribution in [2.45, 2.75) is 26.2 Å². The van der Waals surface area contributed by atoms with Crippen LogP contribution in [0.1, 0.15) is 23.1 Å². The summed E-state index contributed by atoms with van der Waals surface area (Å²) in [7, 11) is 1.58. The average molecular weight is 331 g/mol. The molecule has 6 heteroatoms. The van der Waals surface area contributed by atoms with Crippen molar-refractivity contribution >= 4 is 16.9 Å². The summed E-state index contributed by atoms with van der Waals surface area (Å²) < 4.78 is 16.1. The Morgan fingerprint density at radius 2 is 2.08 bits per heavy atom. The van der Waals surface area contributed by atoms with E-state index in [1.54, 1.807) is 7.11 Å². The number of nitrogens with one attached hydrogen (secondary N) is 1. The van der Waals surface area contributed by atoms with Crippen LogP contribution in [0.5, 0.6) is 5.75 Å². The monoisotopic (exact) mass is 331 g/mol. The van der Waals surface area contributed by atoms with Gasteiger partial charge in [0.1, 0.15) is 11.3 Å². The summed E-state index contributed by atoms with van der Waals surface area (Å²) in [6, 6.07) is 3.71. The molecule has 3 rings (SSSR count). The third-order valence-electron chi connectivity index (χ3n) is 4.17. The van der Waals surface area contributed by atoms with Gasteiger partial charge in [0, 0.05) is 19.2 Å². The lowest BCUT2D eigenvalue weighted by Crippen LogP contribution is -2.31. The molecule has 1 N–H and O–H groups in total. The van der Waals surface area contributed by atoms with Gasteiger partial charge in [-0.05, 0) is 49.4 Å². The van der Waals surface area contributed by atoms with Crippen LogP contribution in [0.15, 0.2) is 21.3 Å². The molecular formula is C18H21NO5. The maximum Gasteiger partial charge on any atom is 0.339 e. The summed E-state index contributed by atoms with van der Waals surface area (Å²) >= 11 is 0. The van der Waals surface area contributed by atoms with E-state index in [1.807, 2.05) is 19.1 Å². The molecule has 0 spiro atoms. The normalized spacial score (nSPS) is 13.1. The van der Waals surface area contributed by atoms with Gasteiger partial charge < -0.3 is 19.2 Å². The topological polar surface area (TPSA) is 77.8 Å². The molecule has 128 valence electrons. The zero-order valence-corrected chi connectivity index (χ0v) is 13.9. The molecule has 0 bridgehead atoms. The fraction of sp³-hybridized carbons (Fsp3) is 0.444. The highest BCUT2D eigenvalue weighted by molar-refractivity contribution is 5.89. The van der Waals surface area contributed by atoms with E-state index in [-0.39, 0.29) is 18.1 Å². The second-order valence-electron chi connectivity index (χ2n) is 5.97. The fourth-order valence-corrected chi connectivity index (χ4v) is 3.11. The standard InChI is InChI=1S/C18H21NO5/c1-11-8-14(23-10-16(20)19-6-7-22-2)17-12-4-3-5-13(12)18(21)24-15(17)9-11/h8-9H,3-7,10H2,1-2H3,(H,19,20). The zero-order valence-electron chi connectivity index (χ0n) is 13.9. The number of amides is 1. The van der Waals surface area contributed by atoms with Crippen molar-refractivity contribution in [3.8, 4) is 5.75 Å². The van der Waals surface area contributed by atoms with Crippen molar-refractivity contribution in [3.05, 3.63) is 39.2 Å². The Hall–Kier alpha value is -2.34. The van der Waals surface area contributed by atoms with Gasteiger partial charge in [-0.1, -0.05) is 0 Å². The molecule has 24 heavy (non-hydrogen) atoms. The van der Waals surface area contributed by atoms with Crippen molar-refractivity contribution in [2.75, 3.05) is 26.9 Å². The highest BCUT2D eigenvalue weighted by Crippen LogP contribution is 2.35. The number of hydrogen-bond donors (Lipinski definition) is 1. The second kappa shape index (κ2) is 7.05. The first-order valence-corrected chi connectivity index (χ1v) is 8.08. The number of hydrogen-bond acceptors (Lipinski definition) is 5. The number of methoxy groups -OCH3 is 1. The summed E-state index contributed by atoms with van der Waals surface area (Å²) in [5.74, 6) is 0.379. The molecule has 1 aromatic heterocycles. The molecule has 0 atom stereocenters. The van der Waals surface area contributed by atoms with Crippen LogP contribution >= 0.6 is 0 Å². The predicted octanol–water partition coefficient (Wildman–Crippen LogP) is 1.73. The number of carbonyl (C=O) groups is 1. The van der Waals surface area contributed by atoms with E-state index in [1.165, 1.54) is 0 Å². The van der Waals surface area contributed by atoms with Crippen LogP contribution < -0.4 is 15.7 Å². The van der Waals surface area contributed by atoms with Crippen LogP contribution in [0.3, 0.4) is 0 Å². The minimum absolute atomic E-state index is 0.0871. The lowest BCUT2D eigenvalue weighted by Gasteiger charge is -2.13. The Morgan fingerprint density at radius 1 is 1.29 bits per heavy atom. The number of carbonyl (C=O) groups excluding carboxylic acids is 1. The SMILES string of the molecule is COCCNC(=O)COc1cc(C)cc2oc(=O)c3c(c12)CCC3. The molecule has 1 aliphatic carbocycles. The Bertz CT molecular complexity index is 824. The molecule has 0 unspecified atom stereocenters. The van der Waals surface area contributed by atoms with Crippen molar-refractivity contribution in [3.63, 3.8) is 0 Å². The maximum atomic E-state index is 12.1. The molecule has 0 radical (unpaired) electrons. The number of ether oxygens (including phenoxy) is 2. The van der Waals surface area contributed by atoms with Crippen LogP contribution in [-0.4, -0.2) is 32.8 Å². The first kappa shape index (κ1) is 16.5. The van der Waals surface area contributed by atoms with E-state index in [9.17, 15) is 9.59 Å². The molecule has 0 fully saturated rings. The van der Waals surface area contributed by atoms with Crippen LogP contribution in [-0.2, 0) is 22.4 Å². The first-order chi connectivity index (χ1) is 11.6.